The molecule has 122 valence electrons. The van der Waals surface area contributed by atoms with Gasteiger partial charge in [-0.05, 0) is 55.3 Å². The van der Waals surface area contributed by atoms with Gasteiger partial charge in [-0.15, -0.1) is 0 Å². The van der Waals surface area contributed by atoms with E-state index in [0.717, 1.165) is 27.7 Å². The number of H-pyrrole nitrogens is 1. The lowest BCUT2D eigenvalue weighted by atomic mass is 10.1. The van der Waals surface area contributed by atoms with E-state index in [1.165, 1.54) is 0 Å². The van der Waals surface area contributed by atoms with E-state index in [-0.39, 0.29) is 5.91 Å². The molecule has 3 rings (SSSR count). The van der Waals surface area contributed by atoms with Crippen LogP contribution in [0.15, 0.2) is 42.5 Å². The largest absolute Gasteiger partial charge is 0.366 e. The van der Waals surface area contributed by atoms with E-state index in [4.69, 9.17) is 5.73 Å². The average Bonchev–Trinajstić information content (AvgIpc) is 2.87. The van der Waals surface area contributed by atoms with E-state index in [0.29, 0.717) is 17.7 Å². The van der Waals surface area contributed by atoms with Gasteiger partial charge >= 0.3 is 0 Å². The first-order valence-electron chi connectivity index (χ1n) is 7.71. The van der Waals surface area contributed by atoms with Crippen LogP contribution in [-0.2, 0) is 6.54 Å². The van der Waals surface area contributed by atoms with E-state index in [9.17, 15) is 9.59 Å². The van der Waals surface area contributed by atoms with Gasteiger partial charge in [-0.1, -0.05) is 12.1 Å². The topological polar surface area (TPSA) is 88.0 Å². The van der Waals surface area contributed by atoms with Gasteiger partial charge in [0.1, 0.15) is 0 Å². The lowest BCUT2D eigenvalue weighted by Crippen LogP contribution is -2.23. The van der Waals surface area contributed by atoms with Crippen molar-refractivity contribution in [1.29, 1.82) is 0 Å². The molecule has 1 aromatic heterocycles. The van der Waals surface area contributed by atoms with Crippen LogP contribution < -0.4 is 11.1 Å². The highest BCUT2D eigenvalue weighted by atomic mass is 16.2. The predicted octanol–water partition coefficient (Wildman–Crippen LogP) is 2.81. The van der Waals surface area contributed by atoms with Gasteiger partial charge in [0.15, 0.2) is 0 Å². The van der Waals surface area contributed by atoms with Crippen molar-refractivity contribution >= 4 is 22.7 Å². The summed E-state index contributed by atoms with van der Waals surface area (Å²) in [4.78, 5) is 26.9. The lowest BCUT2D eigenvalue weighted by Gasteiger charge is -2.07. The van der Waals surface area contributed by atoms with E-state index < -0.39 is 5.91 Å². The number of rotatable bonds is 4. The highest BCUT2D eigenvalue weighted by Gasteiger charge is 2.10. The molecule has 3 aromatic rings. The monoisotopic (exact) mass is 321 g/mol. The Morgan fingerprint density at radius 3 is 2.62 bits per heavy atom. The van der Waals surface area contributed by atoms with Crippen molar-refractivity contribution in [2.75, 3.05) is 0 Å². The van der Waals surface area contributed by atoms with Gasteiger partial charge in [0.05, 0.1) is 0 Å². The minimum Gasteiger partial charge on any atom is -0.366 e. The second-order valence-electron chi connectivity index (χ2n) is 5.88. The summed E-state index contributed by atoms with van der Waals surface area (Å²) >= 11 is 0. The van der Waals surface area contributed by atoms with Crippen molar-refractivity contribution in [3.63, 3.8) is 0 Å². The SMILES string of the molecule is Cc1[nH]c2ccc(C(=O)NCc3cccc(C(N)=O)c3)cc2c1C. The van der Waals surface area contributed by atoms with Crippen molar-refractivity contribution in [2.45, 2.75) is 20.4 Å². The third-order valence-corrected chi connectivity index (χ3v) is 4.24. The molecule has 2 aromatic carbocycles. The quantitative estimate of drug-likeness (QED) is 0.690. The molecular formula is C19H19N3O2. The maximum atomic E-state index is 12.4. The molecule has 0 radical (unpaired) electrons. The summed E-state index contributed by atoms with van der Waals surface area (Å²) in [6, 6.07) is 12.5. The molecule has 24 heavy (non-hydrogen) atoms. The smallest absolute Gasteiger partial charge is 0.251 e. The Balaban J connectivity index is 1.76. The van der Waals surface area contributed by atoms with Crippen molar-refractivity contribution in [2.24, 2.45) is 5.73 Å². The molecule has 0 fully saturated rings. The Morgan fingerprint density at radius 1 is 1.08 bits per heavy atom. The number of aryl methyl sites for hydroxylation is 2. The first-order chi connectivity index (χ1) is 11.5. The van der Waals surface area contributed by atoms with Gasteiger partial charge < -0.3 is 16.0 Å². The Hall–Kier alpha value is -3.08. The van der Waals surface area contributed by atoms with Crippen LogP contribution in [-0.4, -0.2) is 16.8 Å². The minimum absolute atomic E-state index is 0.153. The number of benzene rings is 2. The normalized spacial score (nSPS) is 10.8. The number of carbonyl (C=O) groups excluding carboxylic acids is 2. The van der Waals surface area contributed by atoms with Crippen molar-refractivity contribution in [3.05, 3.63) is 70.4 Å². The molecule has 0 bridgehead atoms. The standard InChI is InChI=1S/C19H19N3O2/c1-11-12(2)22-17-7-6-15(9-16(11)17)19(24)21-10-13-4-3-5-14(8-13)18(20)23/h3-9,22H,10H2,1-2H3,(H2,20,23)(H,21,24). The van der Waals surface area contributed by atoms with Crippen LogP contribution in [0.5, 0.6) is 0 Å². The fourth-order valence-corrected chi connectivity index (χ4v) is 2.72. The number of nitrogens with one attached hydrogen (secondary N) is 2. The van der Waals surface area contributed by atoms with Crippen LogP contribution in [0, 0.1) is 13.8 Å². The molecule has 0 aliphatic heterocycles. The summed E-state index contributed by atoms with van der Waals surface area (Å²) < 4.78 is 0. The molecule has 0 saturated carbocycles. The maximum absolute atomic E-state index is 12.4. The first-order valence-corrected chi connectivity index (χ1v) is 7.71. The van der Waals surface area contributed by atoms with Gasteiger partial charge in [-0.3, -0.25) is 9.59 Å². The predicted molar refractivity (Wildman–Crippen MR) is 93.9 cm³/mol. The molecule has 0 aliphatic carbocycles. The Kier molecular flexibility index (Phi) is 4.08. The number of primary amides is 1. The van der Waals surface area contributed by atoms with Crippen LogP contribution in [0.4, 0.5) is 0 Å². The van der Waals surface area contributed by atoms with Gasteiger partial charge in [-0.25, -0.2) is 0 Å². The lowest BCUT2D eigenvalue weighted by molar-refractivity contribution is 0.0950. The van der Waals surface area contributed by atoms with Crippen LogP contribution >= 0.6 is 0 Å². The number of aromatic nitrogens is 1. The molecule has 2 amide bonds. The number of carbonyl (C=O) groups is 2. The molecule has 0 aliphatic rings. The number of aromatic amines is 1. The molecule has 5 nitrogen and oxygen atoms in total. The summed E-state index contributed by atoms with van der Waals surface area (Å²) in [6.07, 6.45) is 0. The number of nitrogens with two attached hydrogens (primary N) is 1. The van der Waals surface area contributed by atoms with Crippen molar-refractivity contribution < 1.29 is 9.59 Å². The maximum Gasteiger partial charge on any atom is 0.251 e. The molecule has 5 heteroatoms. The van der Waals surface area contributed by atoms with Crippen molar-refractivity contribution in [1.82, 2.24) is 10.3 Å². The summed E-state index contributed by atoms with van der Waals surface area (Å²) in [5.41, 5.74) is 10.4. The van der Waals surface area contributed by atoms with E-state index in [1.54, 1.807) is 24.3 Å². The fourth-order valence-electron chi connectivity index (χ4n) is 2.72. The number of hydrogen-bond acceptors (Lipinski definition) is 2. The summed E-state index contributed by atoms with van der Waals surface area (Å²) in [6.45, 7) is 4.38. The Bertz CT molecular complexity index is 941. The third-order valence-electron chi connectivity index (χ3n) is 4.24. The molecular weight excluding hydrogens is 302 g/mol. The van der Waals surface area contributed by atoms with Crippen molar-refractivity contribution in [3.8, 4) is 0 Å². The average molecular weight is 321 g/mol. The van der Waals surface area contributed by atoms with Crippen LogP contribution in [0.3, 0.4) is 0 Å². The fraction of sp³-hybridized carbons (Fsp3) is 0.158. The molecule has 0 saturated heterocycles. The summed E-state index contributed by atoms with van der Waals surface area (Å²) in [7, 11) is 0. The third kappa shape index (κ3) is 3.01. The second kappa shape index (κ2) is 6.20. The summed E-state index contributed by atoms with van der Waals surface area (Å²) in [5, 5.41) is 3.92. The highest BCUT2D eigenvalue weighted by Crippen LogP contribution is 2.22. The molecule has 0 unspecified atom stereocenters. The number of amides is 2. The van der Waals surface area contributed by atoms with E-state index >= 15 is 0 Å². The Morgan fingerprint density at radius 2 is 1.88 bits per heavy atom. The Labute approximate surface area is 139 Å². The van der Waals surface area contributed by atoms with Crippen LogP contribution in [0.2, 0.25) is 0 Å². The summed E-state index contributed by atoms with van der Waals surface area (Å²) in [5.74, 6) is -0.633. The molecule has 4 N–H and O–H groups in total. The van der Waals surface area contributed by atoms with E-state index in [2.05, 4.69) is 10.3 Å². The molecule has 0 atom stereocenters. The zero-order valence-corrected chi connectivity index (χ0v) is 13.6. The van der Waals surface area contributed by atoms with Gasteiger partial charge in [0, 0.05) is 34.3 Å². The van der Waals surface area contributed by atoms with Gasteiger partial charge in [0.2, 0.25) is 5.91 Å². The minimum atomic E-state index is -0.480. The molecule has 0 spiro atoms. The number of hydrogen-bond donors (Lipinski definition) is 3. The van der Waals surface area contributed by atoms with Gasteiger partial charge in [-0.2, -0.15) is 0 Å². The van der Waals surface area contributed by atoms with Gasteiger partial charge in [0.25, 0.3) is 5.91 Å². The van der Waals surface area contributed by atoms with E-state index in [1.807, 2.05) is 32.0 Å². The highest BCUT2D eigenvalue weighted by molar-refractivity contribution is 5.99. The molecule has 1 heterocycles. The second-order valence-corrected chi connectivity index (χ2v) is 5.88. The zero-order valence-electron chi connectivity index (χ0n) is 13.6. The number of fused-ring (bicyclic) bond motifs is 1. The van der Waals surface area contributed by atoms with Crippen LogP contribution in [0.1, 0.15) is 37.5 Å². The van der Waals surface area contributed by atoms with Crippen LogP contribution in [0.25, 0.3) is 10.9 Å². The zero-order chi connectivity index (χ0) is 17.3. The first kappa shape index (κ1) is 15.8.